The number of aryl methyl sites for hydroxylation is 1. The van der Waals surface area contributed by atoms with Gasteiger partial charge >= 0.3 is 0 Å². The summed E-state index contributed by atoms with van der Waals surface area (Å²) >= 11 is 5.42. The molecule has 1 heterocycles. The molecule has 0 aliphatic carbocycles. The van der Waals surface area contributed by atoms with Crippen LogP contribution in [0.1, 0.15) is 17.0 Å². The summed E-state index contributed by atoms with van der Waals surface area (Å²) in [5.41, 5.74) is 4.33. The highest BCUT2D eigenvalue weighted by atomic mass is 32.1. The molecule has 0 saturated carbocycles. The van der Waals surface area contributed by atoms with Crippen LogP contribution in [0, 0.1) is 24.0 Å². The third kappa shape index (κ3) is 4.39. The van der Waals surface area contributed by atoms with Crippen LogP contribution in [0.3, 0.4) is 0 Å². The molecule has 0 aliphatic rings. The number of thiocarbonyl (C=S) groups is 1. The molecule has 1 aromatic heterocycles. The first-order valence-electron chi connectivity index (χ1n) is 9.75. The number of fused-ring (bicyclic) bond motifs is 1. The van der Waals surface area contributed by atoms with Gasteiger partial charge in [-0.15, -0.1) is 0 Å². The number of hydrogen-bond acceptors (Lipinski definition) is 4. The Kier molecular flexibility index (Phi) is 5.64. The Morgan fingerprint density at radius 2 is 1.81 bits per heavy atom. The zero-order valence-electron chi connectivity index (χ0n) is 17.1. The quantitative estimate of drug-likeness (QED) is 0.249. The van der Waals surface area contributed by atoms with E-state index in [0.29, 0.717) is 17.3 Å². The van der Waals surface area contributed by atoms with Crippen LogP contribution in [0.4, 0.5) is 17.1 Å². The normalized spacial score (nSPS) is 10.8. The standard InChI is InChI=1S/C23H21N5O2S/c1-15-22(25-23(31)24-19-10-6-11-20(13-19)28(29)30)16(2)27(26-15)14-18-9-5-8-17-7-3-4-12-21(17)18/h3-13H,14H2,1-2H3,(H2,24,25,31). The monoisotopic (exact) mass is 431 g/mol. The van der Waals surface area contributed by atoms with Gasteiger partial charge in [-0.3, -0.25) is 14.8 Å². The molecular weight excluding hydrogens is 410 g/mol. The Balaban J connectivity index is 1.53. The van der Waals surface area contributed by atoms with E-state index in [2.05, 4.69) is 46.1 Å². The summed E-state index contributed by atoms with van der Waals surface area (Å²) in [6.45, 7) is 4.55. The fourth-order valence-corrected chi connectivity index (χ4v) is 3.82. The molecule has 156 valence electrons. The van der Waals surface area contributed by atoms with Gasteiger partial charge in [0, 0.05) is 17.8 Å². The molecule has 8 heteroatoms. The lowest BCUT2D eigenvalue weighted by atomic mass is 10.0. The number of nitrogens with one attached hydrogen (secondary N) is 2. The van der Waals surface area contributed by atoms with E-state index in [-0.39, 0.29) is 5.69 Å². The summed E-state index contributed by atoms with van der Waals surface area (Å²) in [7, 11) is 0. The number of hydrogen-bond donors (Lipinski definition) is 2. The van der Waals surface area contributed by atoms with Crippen LogP contribution < -0.4 is 10.6 Å². The topological polar surface area (TPSA) is 85.0 Å². The van der Waals surface area contributed by atoms with Crippen LogP contribution in [0.5, 0.6) is 0 Å². The van der Waals surface area contributed by atoms with E-state index in [1.165, 1.54) is 28.5 Å². The molecule has 0 saturated heterocycles. The number of nitro benzene ring substituents is 1. The molecule has 0 fully saturated rings. The van der Waals surface area contributed by atoms with E-state index in [0.717, 1.165) is 17.1 Å². The highest BCUT2D eigenvalue weighted by molar-refractivity contribution is 7.80. The summed E-state index contributed by atoms with van der Waals surface area (Å²) in [5, 5.41) is 24.6. The largest absolute Gasteiger partial charge is 0.332 e. The van der Waals surface area contributed by atoms with Crippen molar-refractivity contribution in [3.63, 3.8) is 0 Å². The van der Waals surface area contributed by atoms with Gasteiger partial charge in [0.25, 0.3) is 5.69 Å². The van der Waals surface area contributed by atoms with Crippen molar-refractivity contribution in [2.24, 2.45) is 0 Å². The first kappa shape index (κ1) is 20.5. The van der Waals surface area contributed by atoms with E-state index in [4.69, 9.17) is 12.2 Å². The molecule has 4 aromatic rings. The maximum absolute atomic E-state index is 11.0. The zero-order chi connectivity index (χ0) is 22.0. The number of nitro groups is 1. The minimum absolute atomic E-state index is 0.00284. The summed E-state index contributed by atoms with van der Waals surface area (Å²) < 4.78 is 1.95. The summed E-state index contributed by atoms with van der Waals surface area (Å²) in [5.74, 6) is 0. The van der Waals surface area contributed by atoms with Crippen molar-refractivity contribution < 1.29 is 4.92 Å². The Bertz CT molecular complexity index is 1290. The van der Waals surface area contributed by atoms with Gasteiger partial charge in [0.1, 0.15) is 0 Å². The van der Waals surface area contributed by atoms with Gasteiger partial charge in [0.05, 0.1) is 28.5 Å². The predicted octanol–water partition coefficient (Wildman–Crippen LogP) is 5.42. The van der Waals surface area contributed by atoms with Gasteiger partial charge in [-0.25, -0.2) is 0 Å². The number of nitrogens with zero attached hydrogens (tertiary/aromatic N) is 3. The van der Waals surface area contributed by atoms with Crippen molar-refractivity contribution in [2.45, 2.75) is 20.4 Å². The average molecular weight is 432 g/mol. The van der Waals surface area contributed by atoms with E-state index in [1.54, 1.807) is 12.1 Å². The summed E-state index contributed by atoms with van der Waals surface area (Å²) in [6.07, 6.45) is 0. The second-order valence-electron chi connectivity index (χ2n) is 7.23. The van der Waals surface area contributed by atoms with Crippen LogP contribution in [-0.4, -0.2) is 19.8 Å². The van der Waals surface area contributed by atoms with Crippen molar-refractivity contribution in [3.05, 3.63) is 93.8 Å². The lowest BCUT2D eigenvalue weighted by Gasteiger charge is -2.12. The molecule has 0 bridgehead atoms. The number of rotatable bonds is 5. The number of non-ortho nitro benzene ring substituents is 1. The zero-order valence-corrected chi connectivity index (χ0v) is 17.9. The highest BCUT2D eigenvalue weighted by Crippen LogP contribution is 2.24. The van der Waals surface area contributed by atoms with E-state index in [1.807, 2.05) is 30.7 Å². The van der Waals surface area contributed by atoms with Crippen LogP contribution in [0.15, 0.2) is 66.7 Å². The Labute approximate surface area is 184 Å². The van der Waals surface area contributed by atoms with Crippen LogP contribution >= 0.6 is 12.2 Å². The van der Waals surface area contributed by atoms with Crippen LogP contribution in [-0.2, 0) is 6.54 Å². The Hall–Kier alpha value is -3.78. The smallest absolute Gasteiger partial charge is 0.271 e. The maximum Gasteiger partial charge on any atom is 0.271 e. The molecular formula is C23H21N5O2S. The number of anilines is 2. The van der Waals surface area contributed by atoms with Gasteiger partial charge < -0.3 is 10.6 Å². The molecule has 0 unspecified atom stereocenters. The first-order valence-corrected chi connectivity index (χ1v) is 10.2. The van der Waals surface area contributed by atoms with E-state index >= 15 is 0 Å². The fourth-order valence-electron chi connectivity index (χ4n) is 3.60. The minimum Gasteiger partial charge on any atom is -0.332 e. The molecule has 3 aromatic carbocycles. The maximum atomic E-state index is 11.0. The van der Waals surface area contributed by atoms with Crippen LogP contribution in [0.2, 0.25) is 0 Å². The molecule has 0 spiro atoms. The predicted molar refractivity (Wildman–Crippen MR) is 128 cm³/mol. The van der Waals surface area contributed by atoms with E-state index in [9.17, 15) is 10.1 Å². The minimum atomic E-state index is -0.437. The molecule has 0 atom stereocenters. The van der Waals surface area contributed by atoms with Crippen LogP contribution in [0.25, 0.3) is 10.8 Å². The van der Waals surface area contributed by atoms with Crippen molar-refractivity contribution >= 4 is 45.2 Å². The average Bonchev–Trinajstić information content (AvgIpc) is 3.01. The second kappa shape index (κ2) is 8.53. The van der Waals surface area contributed by atoms with Gasteiger partial charge in [-0.2, -0.15) is 5.10 Å². The lowest BCUT2D eigenvalue weighted by Crippen LogP contribution is -2.20. The third-order valence-corrected chi connectivity index (χ3v) is 5.34. The van der Waals surface area contributed by atoms with Crippen molar-refractivity contribution in [2.75, 3.05) is 10.6 Å². The number of aromatic nitrogens is 2. The molecule has 7 nitrogen and oxygen atoms in total. The fraction of sp³-hybridized carbons (Fsp3) is 0.130. The molecule has 0 radical (unpaired) electrons. The van der Waals surface area contributed by atoms with Crippen molar-refractivity contribution in [1.82, 2.24) is 9.78 Å². The Morgan fingerprint density at radius 1 is 1.06 bits per heavy atom. The molecule has 31 heavy (non-hydrogen) atoms. The first-order chi connectivity index (χ1) is 14.9. The molecule has 2 N–H and O–H groups in total. The van der Waals surface area contributed by atoms with Gasteiger partial charge in [-0.1, -0.05) is 48.5 Å². The lowest BCUT2D eigenvalue weighted by molar-refractivity contribution is -0.384. The van der Waals surface area contributed by atoms with Gasteiger partial charge in [-0.05, 0) is 48.5 Å². The van der Waals surface area contributed by atoms with E-state index < -0.39 is 4.92 Å². The SMILES string of the molecule is Cc1nn(Cc2cccc3ccccc23)c(C)c1NC(=S)Nc1cccc([N+](=O)[O-])c1. The van der Waals surface area contributed by atoms with Crippen molar-refractivity contribution in [1.29, 1.82) is 0 Å². The number of benzene rings is 3. The van der Waals surface area contributed by atoms with Gasteiger partial charge in [0.2, 0.25) is 0 Å². The van der Waals surface area contributed by atoms with Crippen molar-refractivity contribution in [3.8, 4) is 0 Å². The summed E-state index contributed by atoms with van der Waals surface area (Å²) in [6, 6.07) is 20.8. The molecule has 0 amide bonds. The highest BCUT2D eigenvalue weighted by Gasteiger charge is 2.14. The second-order valence-corrected chi connectivity index (χ2v) is 7.64. The Morgan fingerprint density at radius 3 is 2.61 bits per heavy atom. The third-order valence-electron chi connectivity index (χ3n) is 5.13. The molecule has 4 rings (SSSR count). The summed E-state index contributed by atoms with van der Waals surface area (Å²) in [4.78, 5) is 10.5. The van der Waals surface area contributed by atoms with Gasteiger partial charge in [0.15, 0.2) is 5.11 Å². The molecule has 0 aliphatic heterocycles.